The van der Waals surface area contributed by atoms with Crippen molar-refractivity contribution >= 4 is 27.5 Å². The maximum atomic E-state index is 10.8. The van der Waals surface area contributed by atoms with Gasteiger partial charge in [-0.05, 0) is 12.1 Å². The summed E-state index contributed by atoms with van der Waals surface area (Å²) in [4.78, 5) is 4.17. The summed E-state index contributed by atoms with van der Waals surface area (Å²) in [5, 5.41) is 1.01. The third-order valence-corrected chi connectivity index (χ3v) is 3.62. The number of rotatable bonds is 5. The first-order valence-electron chi connectivity index (χ1n) is 4.95. The largest absolute Gasteiger partial charge is 0.294 e. The van der Waals surface area contributed by atoms with Gasteiger partial charge in [0.15, 0.2) is 0 Å². The van der Waals surface area contributed by atoms with E-state index in [9.17, 15) is 8.42 Å². The number of imidazole rings is 1. The van der Waals surface area contributed by atoms with Gasteiger partial charge in [0.2, 0.25) is 0 Å². The van der Waals surface area contributed by atoms with Crippen LogP contribution in [0.25, 0.3) is 5.65 Å². The zero-order chi connectivity index (χ0) is 12.3. The van der Waals surface area contributed by atoms with Crippen molar-refractivity contribution in [3.05, 3.63) is 30.6 Å². The minimum atomic E-state index is -3.34. The van der Waals surface area contributed by atoms with Crippen LogP contribution < -0.4 is 0 Å². The van der Waals surface area contributed by atoms with Crippen molar-refractivity contribution in [1.82, 2.24) is 9.38 Å². The fraction of sp³-hybridized carbons (Fsp3) is 0.300. The first kappa shape index (κ1) is 12.4. The standard InChI is InChI=1S/C10H12N2O3S2/c1-17(13,14)15-7-8-16-10-4-2-3-9-11-5-6-12(9)10/h2-6H,7-8H2,1H3. The Morgan fingerprint density at radius 2 is 2.29 bits per heavy atom. The molecule has 0 spiro atoms. The zero-order valence-electron chi connectivity index (χ0n) is 9.24. The van der Waals surface area contributed by atoms with Crippen LogP contribution in [0.15, 0.2) is 35.6 Å². The Morgan fingerprint density at radius 1 is 1.47 bits per heavy atom. The van der Waals surface area contributed by atoms with E-state index in [0.29, 0.717) is 5.75 Å². The Bertz CT molecular complexity index is 607. The minimum absolute atomic E-state index is 0.175. The summed E-state index contributed by atoms with van der Waals surface area (Å²) in [5.74, 6) is 0.574. The van der Waals surface area contributed by atoms with Crippen molar-refractivity contribution in [2.24, 2.45) is 0 Å². The molecule has 5 nitrogen and oxygen atoms in total. The molecule has 0 aliphatic heterocycles. The van der Waals surface area contributed by atoms with Gasteiger partial charge in [0, 0.05) is 18.1 Å². The fourth-order valence-corrected chi connectivity index (χ4v) is 2.71. The predicted molar refractivity (Wildman–Crippen MR) is 66.7 cm³/mol. The summed E-state index contributed by atoms with van der Waals surface area (Å²) in [6, 6.07) is 5.79. The lowest BCUT2D eigenvalue weighted by Crippen LogP contribution is -2.05. The fourth-order valence-electron chi connectivity index (χ4n) is 1.37. The molecule has 0 N–H and O–H groups in total. The molecule has 2 heterocycles. The van der Waals surface area contributed by atoms with Crippen molar-refractivity contribution in [2.45, 2.75) is 5.03 Å². The van der Waals surface area contributed by atoms with Gasteiger partial charge in [-0.1, -0.05) is 6.07 Å². The van der Waals surface area contributed by atoms with Gasteiger partial charge >= 0.3 is 0 Å². The zero-order valence-corrected chi connectivity index (χ0v) is 10.9. The molecule has 2 aromatic rings. The molecule has 0 fully saturated rings. The molecular formula is C10H12N2O3S2. The number of thioether (sulfide) groups is 1. The van der Waals surface area contributed by atoms with Gasteiger partial charge in [0.1, 0.15) is 5.65 Å². The van der Waals surface area contributed by atoms with Gasteiger partial charge in [-0.2, -0.15) is 8.42 Å². The van der Waals surface area contributed by atoms with Crippen molar-refractivity contribution < 1.29 is 12.6 Å². The second-order valence-electron chi connectivity index (χ2n) is 3.39. The summed E-state index contributed by atoms with van der Waals surface area (Å²) in [5.41, 5.74) is 0.874. The van der Waals surface area contributed by atoms with Crippen LogP contribution in [0, 0.1) is 0 Å². The molecule has 0 aliphatic rings. The van der Waals surface area contributed by atoms with Gasteiger partial charge in [-0.3, -0.25) is 8.58 Å². The van der Waals surface area contributed by atoms with E-state index in [-0.39, 0.29) is 6.61 Å². The normalized spacial score (nSPS) is 12.1. The lowest BCUT2D eigenvalue weighted by atomic mass is 10.5. The Morgan fingerprint density at radius 3 is 3.06 bits per heavy atom. The molecule has 7 heteroatoms. The van der Waals surface area contributed by atoms with Crippen molar-refractivity contribution in [3.63, 3.8) is 0 Å². The lowest BCUT2D eigenvalue weighted by molar-refractivity contribution is 0.345. The van der Waals surface area contributed by atoms with Crippen LogP contribution in [0.4, 0.5) is 0 Å². The molecule has 2 aromatic heterocycles. The maximum absolute atomic E-state index is 10.8. The molecule has 0 saturated heterocycles. The SMILES string of the molecule is CS(=O)(=O)OCCSc1cccc2nccn12. The first-order valence-corrected chi connectivity index (χ1v) is 7.76. The summed E-state index contributed by atoms with van der Waals surface area (Å²) < 4.78 is 28.2. The summed E-state index contributed by atoms with van der Waals surface area (Å²) in [7, 11) is -3.34. The Kier molecular flexibility index (Phi) is 3.70. The van der Waals surface area contributed by atoms with Crippen molar-refractivity contribution in [1.29, 1.82) is 0 Å². The number of pyridine rings is 1. The topological polar surface area (TPSA) is 60.7 Å². The third-order valence-electron chi connectivity index (χ3n) is 2.02. The van der Waals surface area contributed by atoms with Crippen LogP contribution in [0.3, 0.4) is 0 Å². The molecular weight excluding hydrogens is 260 g/mol. The highest BCUT2D eigenvalue weighted by atomic mass is 32.2. The molecule has 0 amide bonds. The van der Waals surface area contributed by atoms with E-state index in [1.165, 1.54) is 11.8 Å². The summed E-state index contributed by atoms with van der Waals surface area (Å²) >= 11 is 1.53. The van der Waals surface area contributed by atoms with Crippen LogP contribution in [-0.2, 0) is 14.3 Å². The van der Waals surface area contributed by atoms with E-state index in [2.05, 4.69) is 9.17 Å². The van der Waals surface area contributed by atoms with Crippen molar-refractivity contribution in [3.8, 4) is 0 Å². The Balaban J connectivity index is 1.97. The highest BCUT2D eigenvalue weighted by Crippen LogP contribution is 2.18. The monoisotopic (exact) mass is 272 g/mol. The van der Waals surface area contributed by atoms with Crippen molar-refractivity contribution in [2.75, 3.05) is 18.6 Å². The van der Waals surface area contributed by atoms with E-state index in [4.69, 9.17) is 0 Å². The Labute approximate surface area is 104 Å². The number of hydrogen-bond acceptors (Lipinski definition) is 5. The maximum Gasteiger partial charge on any atom is 0.264 e. The molecule has 92 valence electrons. The smallest absolute Gasteiger partial charge is 0.264 e. The molecule has 0 saturated carbocycles. The summed E-state index contributed by atoms with van der Waals surface area (Å²) in [6.45, 7) is 0.175. The molecule has 2 rings (SSSR count). The predicted octanol–water partition coefficient (Wildman–Crippen LogP) is 1.40. The number of fused-ring (bicyclic) bond motifs is 1. The molecule has 0 atom stereocenters. The number of hydrogen-bond donors (Lipinski definition) is 0. The first-order chi connectivity index (χ1) is 8.06. The summed E-state index contributed by atoms with van der Waals surface area (Å²) in [6.07, 6.45) is 4.65. The molecule has 0 radical (unpaired) electrons. The second kappa shape index (κ2) is 5.07. The second-order valence-corrected chi connectivity index (χ2v) is 6.15. The minimum Gasteiger partial charge on any atom is -0.294 e. The van der Waals surface area contributed by atoms with Gasteiger partial charge in [-0.15, -0.1) is 11.8 Å². The quantitative estimate of drug-likeness (QED) is 0.468. The van der Waals surface area contributed by atoms with E-state index in [0.717, 1.165) is 16.9 Å². The molecule has 17 heavy (non-hydrogen) atoms. The molecule has 0 unspecified atom stereocenters. The van der Waals surface area contributed by atoms with Gasteiger partial charge in [0.25, 0.3) is 10.1 Å². The van der Waals surface area contributed by atoms with Gasteiger partial charge in [0.05, 0.1) is 17.9 Å². The third kappa shape index (κ3) is 3.45. The van der Waals surface area contributed by atoms with E-state index < -0.39 is 10.1 Å². The number of aromatic nitrogens is 2. The van der Waals surface area contributed by atoms with Gasteiger partial charge < -0.3 is 0 Å². The van der Waals surface area contributed by atoms with Crippen LogP contribution in [0.5, 0.6) is 0 Å². The molecule has 0 aliphatic carbocycles. The van der Waals surface area contributed by atoms with E-state index >= 15 is 0 Å². The Hall–Kier alpha value is -1.05. The van der Waals surface area contributed by atoms with Crippen LogP contribution in [-0.4, -0.2) is 36.4 Å². The van der Waals surface area contributed by atoms with Crippen LogP contribution in [0.2, 0.25) is 0 Å². The van der Waals surface area contributed by atoms with E-state index in [1.807, 2.05) is 28.8 Å². The molecule has 0 bridgehead atoms. The number of nitrogens with zero attached hydrogens (tertiary/aromatic N) is 2. The highest BCUT2D eigenvalue weighted by Gasteiger charge is 2.03. The average Bonchev–Trinajstić information content (AvgIpc) is 2.71. The highest BCUT2D eigenvalue weighted by molar-refractivity contribution is 7.99. The van der Waals surface area contributed by atoms with Crippen LogP contribution >= 0.6 is 11.8 Å². The van der Waals surface area contributed by atoms with Gasteiger partial charge in [-0.25, -0.2) is 4.98 Å². The average molecular weight is 272 g/mol. The lowest BCUT2D eigenvalue weighted by Gasteiger charge is -2.04. The van der Waals surface area contributed by atoms with Crippen LogP contribution in [0.1, 0.15) is 0 Å². The molecule has 0 aromatic carbocycles. The van der Waals surface area contributed by atoms with E-state index in [1.54, 1.807) is 6.20 Å².